The van der Waals surface area contributed by atoms with E-state index in [4.69, 9.17) is 4.74 Å². The molecule has 0 fully saturated rings. The molecule has 1 unspecified atom stereocenters. The molecule has 2 nitrogen and oxygen atoms in total. The van der Waals surface area contributed by atoms with Crippen LogP contribution in [0.15, 0.2) is 12.1 Å². The SMILES string of the molecule is Cc1cc(CC(C)O)cc2c1OCC2. The number of hydrogen-bond acceptors (Lipinski definition) is 2. The largest absolute Gasteiger partial charge is 0.493 e. The summed E-state index contributed by atoms with van der Waals surface area (Å²) in [6.07, 6.45) is 1.47. The lowest BCUT2D eigenvalue weighted by Gasteiger charge is -2.09. The first-order valence-corrected chi connectivity index (χ1v) is 5.10. The number of rotatable bonds is 2. The zero-order chi connectivity index (χ0) is 10.1. The van der Waals surface area contributed by atoms with Gasteiger partial charge in [-0.05, 0) is 37.0 Å². The fraction of sp³-hybridized carbons (Fsp3) is 0.500. The Hall–Kier alpha value is -1.02. The van der Waals surface area contributed by atoms with Crippen LogP contribution >= 0.6 is 0 Å². The van der Waals surface area contributed by atoms with Gasteiger partial charge in [0.05, 0.1) is 12.7 Å². The molecule has 1 N–H and O–H groups in total. The van der Waals surface area contributed by atoms with Gasteiger partial charge in [-0.3, -0.25) is 0 Å². The molecule has 1 aliphatic heterocycles. The zero-order valence-electron chi connectivity index (χ0n) is 8.71. The van der Waals surface area contributed by atoms with Crippen molar-refractivity contribution in [2.75, 3.05) is 6.61 Å². The van der Waals surface area contributed by atoms with Gasteiger partial charge in [-0.25, -0.2) is 0 Å². The lowest BCUT2D eigenvalue weighted by Crippen LogP contribution is -2.04. The van der Waals surface area contributed by atoms with Crippen molar-refractivity contribution in [1.29, 1.82) is 0 Å². The fourth-order valence-corrected chi connectivity index (χ4v) is 2.04. The molecule has 0 radical (unpaired) electrons. The van der Waals surface area contributed by atoms with Crippen molar-refractivity contribution < 1.29 is 9.84 Å². The number of fused-ring (bicyclic) bond motifs is 1. The molecule has 0 bridgehead atoms. The van der Waals surface area contributed by atoms with Crippen LogP contribution in [0.4, 0.5) is 0 Å². The summed E-state index contributed by atoms with van der Waals surface area (Å²) in [5, 5.41) is 9.31. The second-order valence-corrected chi connectivity index (χ2v) is 4.05. The maximum absolute atomic E-state index is 9.31. The summed E-state index contributed by atoms with van der Waals surface area (Å²) in [4.78, 5) is 0. The molecule has 2 heteroatoms. The van der Waals surface area contributed by atoms with E-state index in [0.717, 1.165) is 25.2 Å². The number of ether oxygens (including phenoxy) is 1. The Morgan fingerprint density at radius 3 is 3.00 bits per heavy atom. The van der Waals surface area contributed by atoms with Crippen molar-refractivity contribution in [2.45, 2.75) is 32.8 Å². The number of aliphatic hydroxyl groups is 1. The van der Waals surface area contributed by atoms with Crippen LogP contribution < -0.4 is 4.74 Å². The molecular weight excluding hydrogens is 176 g/mol. The first kappa shape index (κ1) is 9.53. The molecule has 0 saturated carbocycles. The average Bonchev–Trinajstić information content (AvgIpc) is 2.50. The Kier molecular flexibility index (Phi) is 2.46. The molecule has 1 atom stereocenters. The third kappa shape index (κ3) is 1.75. The van der Waals surface area contributed by atoms with Gasteiger partial charge in [0.1, 0.15) is 5.75 Å². The summed E-state index contributed by atoms with van der Waals surface area (Å²) in [7, 11) is 0. The lowest BCUT2D eigenvalue weighted by molar-refractivity contribution is 0.195. The summed E-state index contributed by atoms with van der Waals surface area (Å²) in [5.41, 5.74) is 3.69. The molecule has 1 heterocycles. The molecule has 1 aromatic carbocycles. The Morgan fingerprint density at radius 2 is 2.29 bits per heavy atom. The van der Waals surface area contributed by atoms with Gasteiger partial charge >= 0.3 is 0 Å². The fourth-order valence-electron chi connectivity index (χ4n) is 2.04. The zero-order valence-corrected chi connectivity index (χ0v) is 8.71. The third-order valence-electron chi connectivity index (χ3n) is 2.56. The second-order valence-electron chi connectivity index (χ2n) is 4.05. The van der Waals surface area contributed by atoms with E-state index in [1.807, 2.05) is 6.92 Å². The molecule has 0 amide bonds. The summed E-state index contributed by atoms with van der Waals surface area (Å²) in [5.74, 6) is 1.05. The van der Waals surface area contributed by atoms with Crippen LogP contribution in [0.2, 0.25) is 0 Å². The molecule has 76 valence electrons. The van der Waals surface area contributed by atoms with Crippen LogP contribution in [0.5, 0.6) is 5.75 Å². The highest BCUT2D eigenvalue weighted by Gasteiger charge is 2.15. The predicted octanol–water partition coefficient (Wildman–Crippen LogP) is 1.85. The first-order valence-electron chi connectivity index (χ1n) is 5.10. The van der Waals surface area contributed by atoms with E-state index in [1.165, 1.54) is 16.7 Å². The molecule has 0 spiro atoms. The monoisotopic (exact) mass is 192 g/mol. The maximum atomic E-state index is 9.31. The van der Waals surface area contributed by atoms with Crippen molar-refractivity contribution in [3.05, 3.63) is 28.8 Å². The van der Waals surface area contributed by atoms with Gasteiger partial charge < -0.3 is 9.84 Å². The van der Waals surface area contributed by atoms with Crippen molar-refractivity contribution in [3.63, 3.8) is 0 Å². The van der Waals surface area contributed by atoms with Crippen LogP contribution in [0.25, 0.3) is 0 Å². The average molecular weight is 192 g/mol. The van der Waals surface area contributed by atoms with Gasteiger partial charge in [0.2, 0.25) is 0 Å². The summed E-state index contributed by atoms with van der Waals surface area (Å²) in [6.45, 7) is 4.68. The Labute approximate surface area is 84.5 Å². The molecule has 0 aromatic heterocycles. The van der Waals surface area contributed by atoms with Crippen molar-refractivity contribution >= 4 is 0 Å². The third-order valence-corrected chi connectivity index (χ3v) is 2.56. The Morgan fingerprint density at radius 1 is 1.50 bits per heavy atom. The van der Waals surface area contributed by atoms with E-state index in [9.17, 15) is 5.11 Å². The van der Waals surface area contributed by atoms with Crippen LogP contribution in [-0.2, 0) is 12.8 Å². The Bertz CT molecular complexity index is 342. The summed E-state index contributed by atoms with van der Waals surface area (Å²) in [6, 6.07) is 4.26. The molecule has 0 aliphatic carbocycles. The second kappa shape index (κ2) is 3.62. The number of hydrogen-bond donors (Lipinski definition) is 1. The smallest absolute Gasteiger partial charge is 0.125 e. The minimum atomic E-state index is -0.269. The van der Waals surface area contributed by atoms with Crippen molar-refractivity contribution in [1.82, 2.24) is 0 Å². The maximum Gasteiger partial charge on any atom is 0.125 e. The van der Waals surface area contributed by atoms with E-state index in [2.05, 4.69) is 19.1 Å². The lowest BCUT2D eigenvalue weighted by atomic mass is 10.0. The van der Waals surface area contributed by atoms with Gasteiger partial charge in [0.15, 0.2) is 0 Å². The van der Waals surface area contributed by atoms with Crippen LogP contribution in [-0.4, -0.2) is 17.8 Å². The number of benzene rings is 1. The van der Waals surface area contributed by atoms with Crippen LogP contribution in [0.1, 0.15) is 23.6 Å². The van der Waals surface area contributed by atoms with Gasteiger partial charge in [-0.15, -0.1) is 0 Å². The minimum Gasteiger partial charge on any atom is -0.493 e. The normalized spacial score (nSPS) is 16.2. The Balaban J connectivity index is 2.32. The van der Waals surface area contributed by atoms with E-state index in [1.54, 1.807) is 0 Å². The van der Waals surface area contributed by atoms with Gasteiger partial charge in [-0.2, -0.15) is 0 Å². The van der Waals surface area contributed by atoms with E-state index in [-0.39, 0.29) is 6.10 Å². The standard InChI is InChI=1S/C12H16O2/c1-8-5-10(6-9(2)13)7-11-3-4-14-12(8)11/h5,7,9,13H,3-4,6H2,1-2H3. The molecule has 14 heavy (non-hydrogen) atoms. The van der Waals surface area contributed by atoms with Crippen molar-refractivity contribution in [3.8, 4) is 5.75 Å². The predicted molar refractivity (Wildman–Crippen MR) is 55.8 cm³/mol. The molecule has 2 rings (SSSR count). The van der Waals surface area contributed by atoms with E-state index < -0.39 is 0 Å². The number of aryl methyl sites for hydroxylation is 1. The molecule has 1 aromatic rings. The highest BCUT2D eigenvalue weighted by Crippen LogP contribution is 2.30. The van der Waals surface area contributed by atoms with E-state index >= 15 is 0 Å². The van der Waals surface area contributed by atoms with Crippen LogP contribution in [0.3, 0.4) is 0 Å². The highest BCUT2D eigenvalue weighted by molar-refractivity contribution is 5.46. The number of aliphatic hydroxyl groups excluding tert-OH is 1. The van der Waals surface area contributed by atoms with Gasteiger partial charge in [0.25, 0.3) is 0 Å². The quantitative estimate of drug-likeness (QED) is 0.775. The van der Waals surface area contributed by atoms with Crippen molar-refractivity contribution in [2.24, 2.45) is 0 Å². The topological polar surface area (TPSA) is 29.5 Å². The molecular formula is C12H16O2. The summed E-state index contributed by atoms with van der Waals surface area (Å²) >= 11 is 0. The molecule has 1 aliphatic rings. The van der Waals surface area contributed by atoms with Gasteiger partial charge in [0, 0.05) is 6.42 Å². The highest BCUT2D eigenvalue weighted by atomic mass is 16.5. The minimum absolute atomic E-state index is 0.269. The summed E-state index contributed by atoms with van der Waals surface area (Å²) < 4.78 is 5.53. The van der Waals surface area contributed by atoms with E-state index in [0.29, 0.717) is 0 Å². The van der Waals surface area contributed by atoms with Gasteiger partial charge in [-0.1, -0.05) is 12.1 Å². The first-order chi connectivity index (χ1) is 6.66. The van der Waals surface area contributed by atoms with Crippen LogP contribution in [0, 0.1) is 6.92 Å². The molecule has 0 saturated heterocycles.